The molecule has 112 valence electrons. The number of hydrogen-bond donors (Lipinski definition) is 1. The smallest absolute Gasteiger partial charge is 0.175 e. The van der Waals surface area contributed by atoms with Crippen LogP contribution in [0.3, 0.4) is 0 Å². The van der Waals surface area contributed by atoms with E-state index < -0.39 is 0 Å². The number of halogens is 1. The summed E-state index contributed by atoms with van der Waals surface area (Å²) in [7, 11) is 0. The van der Waals surface area contributed by atoms with Gasteiger partial charge in [-0.3, -0.25) is 0 Å². The molecule has 1 aromatic carbocycles. The van der Waals surface area contributed by atoms with E-state index in [4.69, 9.17) is 9.47 Å². The zero-order chi connectivity index (χ0) is 14.6. The summed E-state index contributed by atoms with van der Waals surface area (Å²) in [6, 6.07) is 4.20. The first-order valence-electron chi connectivity index (χ1n) is 7.35. The molecular weight excluding hydrogens is 318 g/mol. The summed E-state index contributed by atoms with van der Waals surface area (Å²) in [6.45, 7) is 8.98. The minimum Gasteiger partial charge on any atom is -0.490 e. The molecule has 4 heteroatoms. The monoisotopic (exact) mass is 341 g/mol. The lowest BCUT2D eigenvalue weighted by Crippen LogP contribution is -2.38. The van der Waals surface area contributed by atoms with Crippen molar-refractivity contribution in [2.24, 2.45) is 0 Å². The Kier molecular flexibility index (Phi) is 5.33. The van der Waals surface area contributed by atoms with E-state index in [1.54, 1.807) is 0 Å². The Balaban J connectivity index is 2.10. The van der Waals surface area contributed by atoms with E-state index in [0.717, 1.165) is 35.5 Å². The second-order valence-corrected chi connectivity index (χ2v) is 6.80. The first-order valence-corrected chi connectivity index (χ1v) is 8.14. The van der Waals surface area contributed by atoms with Gasteiger partial charge in [-0.15, -0.1) is 0 Å². The Morgan fingerprint density at radius 1 is 1.25 bits per heavy atom. The van der Waals surface area contributed by atoms with Crippen molar-refractivity contribution < 1.29 is 9.47 Å². The number of nitrogens with one attached hydrogen (secondary N) is 1. The van der Waals surface area contributed by atoms with Crippen molar-refractivity contribution in [3.05, 3.63) is 22.2 Å². The van der Waals surface area contributed by atoms with Gasteiger partial charge in [0.05, 0.1) is 17.7 Å². The van der Waals surface area contributed by atoms with Crippen molar-refractivity contribution in [2.45, 2.75) is 52.1 Å². The van der Waals surface area contributed by atoms with E-state index >= 15 is 0 Å². The van der Waals surface area contributed by atoms with Crippen molar-refractivity contribution in [3.63, 3.8) is 0 Å². The summed E-state index contributed by atoms with van der Waals surface area (Å²) >= 11 is 3.59. The van der Waals surface area contributed by atoms with Crippen LogP contribution in [0, 0.1) is 0 Å². The average Bonchev–Trinajstić information content (AvgIpc) is 2.62. The van der Waals surface area contributed by atoms with Crippen molar-refractivity contribution in [2.75, 3.05) is 13.2 Å². The predicted molar refractivity (Wildman–Crippen MR) is 85.6 cm³/mol. The SMILES string of the molecule is CCCC(C)(C)NCc1cc(Br)c2c(c1)OCCCO2. The van der Waals surface area contributed by atoms with Crippen LogP contribution < -0.4 is 14.8 Å². The lowest BCUT2D eigenvalue weighted by molar-refractivity contribution is 0.296. The van der Waals surface area contributed by atoms with Crippen LogP contribution in [0.15, 0.2) is 16.6 Å². The van der Waals surface area contributed by atoms with E-state index in [-0.39, 0.29) is 5.54 Å². The van der Waals surface area contributed by atoms with Gasteiger partial charge in [-0.25, -0.2) is 0 Å². The van der Waals surface area contributed by atoms with E-state index in [9.17, 15) is 0 Å². The molecule has 1 heterocycles. The molecule has 1 N–H and O–H groups in total. The van der Waals surface area contributed by atoms with E-state index in [1.165, 1.54) is 18.4 Å². The van der Waals surface area contributed by atoms with Crippen molar-refractivity contribution >= 4 is 15.9 Å². The van der Waals surface area contributed by atoms with Gasteiger partial charge in [-0.1, -0.05) is 13.3 Å². The van der Waals surface area contributed by atoms with Crippen LogP contribution >= 0.6 is 15.9 Å². The maximum absolute atomic E-state index is 5.77. The molecule has 0 bridgehead atoms. The summed E-state index contributed by atoms with van der Waals surface area (Å²) < 4.78 is 12.5. The van der Waals surface area contributed by atoms with Crippen LogP contribution in [0.25, 0.3) is 0 Å². The zero-order valence-corrected chi connectivity index (χ0v) is 14.2. The summed E-state index contributed by atoms with van der Waals surface area (Å²) in [6.07, 6.45) is 3.28. The minimum absolute atomic E-state index is 0.158. The highest BCUT2D eigenvalue weighted by Gasteiger charge is 2.18. The molecule has 2 rings (SSSR count). The fourth-order valence-electron chi connectivity index (χ4n) is 2.44. The summed E-state index contributed by atoms with van der Waals surface area (Å²) in [5.41, 5.74) is 1.37. The van der Waals surface area contributed by atoms with Gasteiger partial charge in [0, 0.05) is 18.5 Å². The number of rotatable bonds is 5. The zero-order valence-electron chi connectivity index (χ0n) is 12.6. The number of hydrogen-bond acceptors (Lipinski definition) is 3. The van der Waals surface area contributed by atoms with Crippen LogP contribution in [0.2, 0.25) is 0 Å². The molecule has 0 saturated heterocycles. The Hall–Kier alpha value is -0.740. The first-order chi connectivity index (χ1) is 9.52. The van der Waals surface area contributed by atoms with Gasteiger partial charge in [-0.05, 0) is 53.9 Å². The normalized spacial score (nSPS) is 15.0. The molecule has 0 aliphatic carbocycles. The number of fused-ring (bicyclic) bond motifs is 1. The molecule has 0 aromatic heterocycles. The molecule has 1 aliphatic rings. The van der Waals surface area contributed by atoms with E-state index in [2.05, 4.69) is 54.2 Å². The summed E-state index contributed by atoms with van der Waals surface area (Å²) in [4.78, 5) is 0. The molecule has 3 nitrogen and oxygen atoms in total. The van der Waals surface area contributed by atoms with Crippen LogP contribution in [0.1, 0.15) is 45.6 Å². The summed E-state index contributed by atoms with van der Waals surface area (Å²) in [5.74, 6) is 1.68. The number of benzene rings is 1. The Labute approximate surface area is 130 Å². The third-order valence-electron chi connectivity index (χ3n) is 3.51. The number of ether oxygens (including phenoxy) is 2. The second-order valence-electron chi connectivity index (χ2n) is 5.94. The third-order valence-corrected chi connectivity index (χ3v) is 4.10. The molecule has 1 aromatic rings. The molecule has 0 amide bonds. The highest BCUT2D eigenvalue weighted by Crippen LogP contribution is 2.38. The highest BCUT2D eigenvalue weighted by atomic mass is 79.9. The molecule has 0 saturated carbocycles. The Morgan fingerprint density at radius 2 is 2.00 bits per heavy atom. The fraction of sp³-hybridized carbons (Fsp3) is 0.625. The Bertz CT molecular complexity index is 460. The Morgan fingerprint density at radius 3 is 2.75 bits per heavy atom. The van der Waals surface area contributed by atoms with Gasteiger partial charge < -0.3 is 14.8 Å². The van der Waals surface area contributed by atoms with Crippen molar-refractivity contribution in [1.29, 1.82) is 0 Å². The topological polar surface area (TPSA) is 30.5 Å². The van der Waals surface area contributed by atoms with Gasteiger partial charge in [0.25, 0.3) is 0 Å². The molecule has 0 fully saturated rings. The van der Waals surface area contributed by atoms with Crippen molar-refractivity contribution in [1.82, 2.24) is 5.32 Å². The van der Waals surface area contributed by atoms with Crippen LogP contribution in [-0.2, 0) is 6.54 Å². The lowest BCUT2D eigenvalue weighted by Gasteiger charge is -2.26. The highest BCUT2D eigenvalue weighted by molar-refractivity contribution is 9.10. The quantitative estimate of drug-likeness (QED) is 0.866. The van der Waals surface area contributed by atoms with Crippen LogP contribution in [0.5, 0.6) is 11.5 Å². The minimum atomic E-state index is 0.158. The van der Waals surface area contributed by atoms with Gasteiger partial charge in [0.15, 0.2) is 11.5 Å². The maximum atomic E-state index is 5.77. The van der Waals surface area contributed by atoms with Crippen LogP contribution in [0.4, 0.5) is 0 Å². The summed E-state index contributed by atoms with van der Waals surface area (Å²) in [5, 5.41) is 3.61. The van der Waals surface area contributed by atoms with Gasteiger partial charge in [0.1, 0.15) is 0 Å². The van der Waals surface area contributed by atoms with Crippen molar-refractivity contribution in [3.8, 4) is 11.5 Å². The average molecular weight is 342 g/mol. The first kappa shape index (κ1) is 15.6. The van der Waals surface area contributed by atoms with E-state index in [1.807, 2.05) is 0 Å². The molecule has 0 atom stereocenters. The lowest BCUT2D eigenvalue weighted by atomic mass is 9.98. The third kappa shape index (κ3) is 4.13. The standard InChI is InChI=1S/C16H24BrNO2/c1-4-6-16(2,3)18-11-12-9-13(17)15-14(10-12)19-7-5-8-20-15/h9-10,18H,4-8,11H2,1-3H3. The molecule has 0 unspecified atom stereocenters. The molecule has 0 radical (unpaired) electrons. The predicted octanol–water partition coefficient (Wildman–Crippen LogP) is 4.28. The largest absolute Gasteiger partial charge is 0.490 e. The van der Waals surface area contributed by atoms with Crippen LogP contribution in [-0.4, -0.2) is 18.8 Å². The maximum Gasteiger partial charge on any atom is 0.175 e. The van der Waals surface area contributed by atoms with Gasteiger partial charge >= 0.3 is 0 Å². The molecule has 1 aliphatic heterocycles. The molecule has 0 spiro atoms. The fourth-order valence-corrected chi connectivity index (χ4v) is 3.04. The molecule has 20 heavy (non-hydrogen) atoms. The second kappa shape index (κ2) is 6.81. The van der Waals surface area contributed by atoms with Gasteiger partial charge in [-0.2, -0.15) is 0 Å². The molecular formula is C16H24BrNO2. The van der Waals surface area contributed by atoms with Gasteiger partial charge in [0.2, 0.25) is 0 Å². The van der Waals surface area contributed by atoms with E-state index in [0.29, 0.717) is 6.61 Å².